The Bertz CT molecular complexity index is 406. The fourth-order valence-corrected chi connectivity index (χ4v) is 3.73. The largest absolute Gasteiger partial charge is 0.481 e. The summed E-state index contributed by atoms with van der Waals surface area (Å²) in [6.07, 6.45) is 23.4. The molecule has 3 N–H and O–H groups in total. The van der Waals surface area contributed by atoms with Crippen molar-refractivity contribution in [1.82, 2.24) is 10.6 Å². The van der Waals surface area contributed by atoms with Crippen molar-refractivity contribution >= 4 is 11.9 Å². The molecule has 0 unspecified atom stereocenters. The standard InChI is InChI=1S/C14H29NO2.C13H27NO2/c1-15-13-11-9-7-5-3-4-6-8-10-12-14(16)17-2;1-14-12-10-8-6-4-2-3-5-7-9-11-13(15)16/h15H,3-13H2,1-2H3;14H,2-12H2,1H3,(H,15,16). The highest BCUT2D eigenvalue weighted by Gasteiger charge is 1.99. The first-order valence-corrected chi connectivity index (χ1v) is 13.7. The van der Waals surface area contributed by atoms with E-state index in [1.54, 1.807) is 0 Å². The molecule has 0 spiro atoms. The van der Waals surface area contributed by atoms with Gasteiger partial charge in [-0.3, -0.25) is 9.59 Å². The fraction of sp³-hybridized carbons (Fsp3) is 0.926. The summed E-state index contributed by atoms with van der Waals surface area (Å²) in [6, 6.07) is 0. The molecule has 0 heterocycles. The molecule has 0 fully saturated rings. The molecule has 33 heavy (non-hydrogen) atoms. The van der Waals surface area contributed by atoms with Crippen LogP contribution in [0.5, 0.6) is 0 Å². The summed E-state index contributed by atoms with van der Waals surface area (Å²) in [4.78, 5) is 21.1. The molecule has 0 aliphatic carbocycles. The van der Waals surface area contributed by atoms with Gasteiger partial charge in [-0.05, 0) is 52.9 Å². The molecule has 0 aromatic carbocycles. The van der Waals surface area contributed by atoms with Crippen LogP contribution in [0.4, 0.5) is 0 Å². The average molecular weight is 473 g/mol. The molecule has 0 saturated heterocycles. The number of carbonyl (C=O) groups excluding carboxylic acids is 1. The van der Waals surface area contributed by atoms with Crippen LogP contribution in [0.3, 0.4) is 0 Å². The molecular weight excluding hydrogens is 416 g/mol. The lowest BCUT2D eigenvalue weighted by Crippen LogP contribution is -2.06. The molecular formula is C27H56N2O4. The van der Waals surface area contributed by atoms with E-state index in [9.17, 15) is 9.59 Å². The number of hydrogen-bond donors (Lipinski definition) is 3. The van der Waals surface area contributed by atoms with E-state index in [1.807, 2.05) is 14.1 Å². The zero-order valence-electron chi connectivity index (χ0n) is 22.2. The molecule has 6 nitrogen and oxygen atoms in total. The van der Waals surface area contributed by atoms with Gasteiger partial charge < -0.3 is 20.5 Å². The minimum absolute atomic E-state index is 0.0745. The highest BCUT2D eigenvalue weighted by molar-refractivity contribution is 5.69. The summed E-state index contributed by atoms with van der Waals surface area (Å²) in [5, 5.41) is 14.8. The maximum Gasteiger partial charge on any atom is 0.305 e. The zero-order valence-corrected chi connectivity index (χ0v) is 22.2. The van der Waals surface area contributed by atoms with Gasteiger partial charge >= 0.3 is 11.9 Å². The summed E-state index contributed by atoms with van der Waals surface area (Å²) in [6.45, 7) is 2.28. The number of nitrogens with one attached hydrogen (secondary N) is 2. The molecule has 0 aliphatic rings. The number of unbranched alkanes of at least 4 members (excludes halogenated alkanes) is 16. The van der Waals surface area contributed by atoms with Crippen molar-refractivity contribution in [2.45, 2.75) is 128 Å². The van der Waals surface area contributed by atoms with Gasteiger partial charge in [0.25, 0.3) is 0 Å². The number of carboxylic acids is 1. The van der Waals surface area contributed by atoms with Crippen LogP contribution in [-0.4, -0.2) is 51.3 Å². The first-order valence-electron chi connectivity index (χ1n) is 13.7. The maximum absolute atomic E-state index is 10.8. The van der Waals surface area contributed by atoms with E-state index in [2.05, 4.69) is 15.4 Å². The van der Waals surface area contributed by atoms with Gasteiger partial charge in [0, 0.05) is 12.8 Å². The van der Waals surface area contributed by atoms with E-state index >= 15 is 0 Å². The van der Waals surface area contributed by atoms with Crippen LogP contribution in [0.25, 0.3) is 0 Å². The fourth-order valence-electron chi connectivity index (χ4n) is 3.73. The van der Waals surface area contributed by atoms with Crippen LogP contribution in [0, 0.1) is 0 Å². The number of hydrogen-bond acceptors (Lipinski definition) is 5. The Morgan fingerprint density at radius 3 is 1.15 bits per heavy atom. The summed E-state index contributed by atoms with van der Waals surface area (Å²) < 4.78 is 4.60. The van der Waals surface area contributed by atoms with Crippen molar-refractivity contribution in [2.24, 2.45) is 0 Å². The summed E-state index contributed by atoms with van der Waals surface area (Å²) in [7, 11) is 5.46. The molecule has 0 bridgehead atoms. The Morgan fingerprint density at radius 2 is 0.848 bits per heavy atom. The molecule has 0 saturated carbocycles. The van der Waals surface area contributed by atoms with Crippen LogP contribution >= 0.6 is 0 Å². The van der Waals surface area contributed by atoms with Gasteiger partial charge in [-0.25, -0.2) is 0 Å². The molecule has 0 radical (unpaired) electrons. The van der Waals surface area contributed by atoms with Gasteiger partial charge in [-0.15, -0.1) is 0 Å². The predicted octanol–water partition coefficient (Wildman–Crippen LogP) is 6.47. The topological polar surface area (TPSA) is 87.7 Å². The Hall–Kier alpha value is -1.14. The Morgan fingerprint density at radius 1 is 0.545 bits per heavy atom. The lowest BCUT2D eigenvalue weighted by atomic mass is 10.1. The Kier molecular flexibility index (Phi) is 31.8. The molecule has 0 aliphatic heterocycles. The number of methoxy groups -OCH3 is 1. The first-order chi connectivity index (χ1) is 16.1. The zero-order chi connectivity index (χ0) is 24.8. The Labute approximate surface area is 205 Å². The number of carbonyl (C=O) groups is 2. The van der Waals surface area contributed by atoms with Crippen molar-refractivity contribution in [3.8, 4) is 0 Å². The lowest BCUT2D eigenvalue weighted by Gasteiger charge is -2.02. The van der Waals surface area contributed by atoms with Gasteiger partial charge in [0.05, 0.1) is 7.11 Å². The lowest BCUT2D eigenvalue weighted by molar-refractivity contribution is -0.141. The smallest absolute Gasteiger partial charge is 0.305 e. The SMILES string of the molecule is CNCCCCCCCCCCCC(=O)O.CNCCCCCCCCCCCC(=O)OC. The molecule has 198 valence electrons. The minimum Gasteiger partial charge on any atom is -0.481 e. The number of carboxylic acid groups (broad SMARTS) is 1. The van der Waals surface area contributed by atoms with E-state index in [0.29, 0.717) is 12.8 Å². The van der Waals surface area contributed by atoms with Crippen LogP contribution < -0.4 is 10.6 Å². The second-order valence-electron chi connectivity index (χ2n) is 9.04. The van der Waals surface area contributed by atoms with Crippen molar-refractivity contribution in [3.63, 3.8) is 0 Å². The highest BCUT2D eigenvalue weighted by atomic mass is 16.5. The van der Waals surface area contributed by atoms with Gasteiger partial charge in [0.15, 0.2) is 0 Å². The molecule has 0 aromatic heterocycles. The molecule has 0 rings (SSSR count). The van der Waals surface area contributed by atoms with Crippen LogP contribution in [-0.2, 0) is 14.3 Å². The minimum atomic E-state index is -0.662. The van der Waals surface area contributed by atoms with Crippen LogP contribution in [0.15, 0.2) is 0 Å². The van der Waals surface area contributed by atoms with Crippen LogP contribution in [0.2, 0.25) is 0 Å². The number of rotatable bonds is 24. The highest BCUT2D eigenvalue weighted by Crippen LogP contribution is 2.11. The van der Waals surface area contributed by atoms with Gasteiger partial charge in [-0.1, -0.05) is 89.9 Å². The second-order valence-corrected chi connectivity index (χ2v) is 9.04. The molecule has 0 atom stereocenters. The van der Waals surface area contributed by atoms with Crippen LogP contribution in [0.1, 0.15) is 128 Å². The first kappa shape index (κ1) is 34.0. The Balaban J connectivity index is 0. The summed E-state index contributed by atoms with van der Waals surface area (Å²) in [5.74, 6) is -0.737. The van der Waals surface area contributed by atoms with E-state index in [-0.39, 0.29) is 5.97 Å². The third-order valence-corrected chi connectivity index (χ3v) is 5.85. The molecule has 0 amide bonds. The number of ether oxygens (including phenoxy) is 1. The van der Waals surface area contributed by atoms with E-state index in [1.165, 1.54) is 97.0 Å². The third-order valence-electron chi connectivity index (χ3n) is 5.85. The maximum atomic E-state index is 10.8. The van der Waals surface area contributed by atoms with E-state index in [0.717, 1.165) is 38.8 Å². The molecule has 0 aromatic rings. The third kappa shape index (κ3) is 35.6. The van der Waals surface area contributed by atoms with Gasteiger partial charge in [0.1, 0.15) is 0 Å². The van der Waals surface area contributed by atoms with E-state index < -0.39 is 5.97 Å². The van der Waals surface area contributed by atoms with Crippen molar-refractivity contribution in [1.29, 1.82) is 0 Å². The van der Waals surface area contributed by atoms with Gasteiger partial charge in [0.2, 0.25) is 0 Å². The number of aliphatic carboxylic acids is 1. The van der Waals surface area contributed by atoms with Crippen molar-refractivity contribution in [2.75, 3.05) is 34.3 Å². The number of esters is 1. The quantitative estimate of drug-likeness (QED) is 0.110. The summed E-state index contributed by atoms with van der Waals surface area (Å²) in [5.41, 5.74) is 0. The molecule has 6 heteroatoms. The second kappa shape index (κ2) is 30.9. The van der Waals surface area contributed by atoms with Gasteiger partial charge in [-0.2, -0.15) is 0 Å². The monoisotopic (exact) mass is 472 g/mol. The van der Waals surface area contributed by atoms with Crippen molar-refractivity contribution < 1.29 is 19.4 Å². The normalized spacial score (nSPS) is 10.5. The van der Waals surface area contributed by atoms with E-state index in [4.69, 9.17) is 5.11 Å². The van der Waals surface area contributed by atoms with Crippen molar-refractivity contribution in [3.05, 3.63) is 0 Å². The average Bonchev–Trinajstić information content (AvgIpc) is 2.81. The predicted molar refractivity (Wildman–Crippen MR) is 140 cm³/mol. The summed E-state index contributed by atoms with van der Waals surface area (Å²) >= 11 is 0.